The van der Waals surface area contributed by atoms with Crippen LogP contribution in [0, 0.1) is 0 Å². The number of carbonyl (C=O) groups is 1. The number of nitrogens with one attached hydrogen (secondary N) is 1. The van der Waals surface area contributed by atoms with Crippen LogP contribution in [0.1, 0.15) is 34.7 Å². The van der Waals surface area contributed by atoms with E-state index in [0.29, 0.717) is 17.8 Å². The molecule has 0 spiro atoms. The predicted molar refractivity (Wildman–Crippen MR) is 85.8 cm³/mol. The Morgan fingerprint density at radius 3 is 2.62 bits per heavy atom. The van der Waals surface area contributed by atoms with Crippen LogP contribution in [0.3, 0.4) is 0 Å². The van der Waals surface area contributed by atoms with Gasteiger partial charge in [0.1, 0.15) is 17.4 Å². The van der Waals surface area contributed by atoms with Crippen molar-refractivity contribution in [2.24, 2.45) is 0 Å². The largest absolute Gasteiger partial charge is 0.385 e. The van der Waals surface area contributed by atoms with Gasteiger partial charge in [-0.3, -0.25) is 14.8 Å². The molecule has 1 atom stereocenters. The van der Waals surface area contributed by atoms with Crippen LogP contribution >= 0.6 is 0 Å². The maximum atomic E-state index is 12.6. The smallest absolute Gasteiger partial charge is 0.257 e. The van der Waals surface area contributed by atoms with E-state index < -0.39 is 6.10 Å². The summed E-state index contributed by atoms with van der Waals surface area (Å²) in [6, 6.07) is 7.17. The summed E-state index contributed by atoms with van der Waals surface area (Å²) < 4.78 is 5.18. The number of carbonyl (C=O) groups excluding carboxylic acids is 1. The van der Waals surface area contributed by atoms with Crippen LogP contribution < -0.4 is 5.32 Å². The highest BCUT2D eigenvalue weighted by Crippen LogP contribution is 2.28. The van der Waals surface area contributed by atoms with E-state index in [4.69, 9.17) is 4.52 Å². The SMILES string of the molecule is CC(O)c1onc(-c2cccnc2)c1C(=O)NCc1cccnc1. The second-order valence-corrected chi connectivity index (χ2v) is 5.23. The molecule has 3 aromatic heterocycles. The summed E-state index contributed by atoms with van der Waals surface area (Å²) in [5, 5.41) is 16.6. The lowest BCUT2D eigenvalue weighted by molar-refractivity contribution is 0.0938. The molecule has 24 heavy (non-hydrogen) atoms. The Labute approximate surface area is 138 Å². The zero-order valence-corrected chi connectivity index (χ0v) is 13.0. The van der Waals surface area contributed by atoms with Crippen LogP contribution in [0.2, 0.25) is 0 Å². The van der Waals surface area contributed by atoms with E-state index in [9.17, 15) is 9.90 Å². The van der Waals surface area contributed by atoms with Crippen LogP contribution in [-0.4, -0.2) is 26.1 Å². The highest BCUT2D eigenvalue weighted by molar-refractivity contribution is 6.00. The number of pyridine rings is 2. The third kappa shape index (κ3) is 3.31. The van der Waals surface area contributed by atoms with E-state index in [0.717, 1.165) is 5.56 Å². The lowest BCUT2D eigenvalue weighted by atomic mass is 10.0. The topological polar surface area (TPSA) is 101 Å². The van der Waals surface area contributed by atoms with Gasteiger partial charge in [-0.1, -0.05) is 11.2 Å². The molecule has 1 unspecified atom stereocenters. The lowest BCUT2D eigenvalue weighted by Crippen LogP contribution is -2.24. The minimum absolute atomic E-state index is 0.123. The monoisotopic (exact) mass is 324 g/mol. The number of aromatic nitrogens is 3. The van der Waals surface area contributed by atoms with Crippen molar-refractivity contribution in [3.8, 4) is 11.3 Å². The number of amides is 1. The highest BCUT2D eigenvalue weighted by atomic mass is 16.5. The molecule has 0 fully saturated rings. The maximum absolute atomic E-state index is 12.6. The minimum Gasteiger partial charge on any atom is -0.385 e. The third-order valence-electron chi connectivity index (χ3n) is 3.44. The normalized spacial score (nSPS) is 11.9. The molecule has 0 radical (unpaired) electrons. The lowest BCUT2D eigenvalue weighted by Gasteiger charge is -2.07. The Bertz CT molecular complexity index is 816. The molecule has 0 saturated carbocycles. The number of aliphatic hydroxyl groups is 1. The fourth-order valence-electron chi connectivity index (χ4n) is 2.28. The maximum Gasteiger partial charge on any atom is 0.257 e. The number of aliphatic hydroxyl groups excluding tert-OH is 1. The van der Waals surface area contributed by atoms with E-state index in [-0.39, 0.29) is 17.2 Å². The molecule has 122 valence electrons. The van der Waals surface area contributed by atoms with Gasteiger partial charge in [0.15, 0.2) is 5.76 Å². The summed E-state index contributed by atoms with van der Waals surface area (Å²) in [5.74, 6) is -0.257. The van der Waals surface area contributed by atoms with Crippen molar-refractivity contribution in [2.75, 3.05) is 0 Å². The molecule has 0 saturated heterocycles. The van der Waals surface area contributed by atoms with Gasteiger partial charge in [-0.05, 0) is 30.7 Å². The molecule has 7 nitrogen and oxygen atoms in total. The fourth-order valence-corrected chi connectivity index (χ4v) is 2.28. The second-order valence-electron chi connectivity index (χ2n) is 5.23. The van der Waals surface area contributed by atoms with Crippen molar-refractivity contribution >= 4 is 5.91 Å². The van der Waals surface area contributed by atoms with Crippen LogP contribution in [0.25, 0.3) is 11.3 Å². The van der Waals surface area contributed by atoms with Crippen LogP contribution in [-0.2, 0) is 6.54 Å². The van der Waals surface area contributed by atoms with Gasteiger partial charge in [0, 0.05) is 36.9 Å². The van der Waals surface area contributed by atoms with Crippen molar-refractivity contribution < 1.29 is 14.4 Å². The molecular formula is C17H16N4O3. The molecule has 3 aromatic rings. The average molecular weight is 324 g/mol. The van der Waals surface area contributed by atoms with Crippen LogP contribution in [0.15, 0.2) is 53.6 Å². The van der Waals surface area contributed by atoms with Crippen LogP contribution in [0.5, 0.6) is 0 Å². The second kappa shape index (κ2) is 7.01. The first-order valence-corrected chi connectivity index (χ1v) is 7.42. The van der Waals surface area contributed by atoms with Crippen LogP contribution in [0.4, 0.5) is 0 Å². The molecule has 0 aliphatic carbocycles. The molecule has 7 heteroatoms. The van der Waals surface area contributed by atoms with Gasteiger partial charge in [-0.25, -0.2) is 0 Å². The zero-order chi connectivity index (χ0) is 16.9. The molecule has 1 amide bonds. The van der Waals surface area contributed by atoms with Gasteiger partial charge in [0.25, 0.3) is 5.91 Å². The van der Waals surface area contributed by atoms with Crippen molar-refractivity contribution in [1.82, 2.24) is 20.4 Å². The quantitative estimate of drug-likeness (QED) is 0.745. The van der Waals surface area contributed by atoms with Gasteiger partial charge in [-0.15, -0.1) is 0 Å². The molecule has 0 bridgehead atoms. The Kier molecular flexibility index (Phi) is 4.62. The van der Waals surface area contributed by atoms with E-state index in [1.54, 1.807) is 43.0 Å². The fraction of sp³-hybridized carbons (Fsp3) is 0.176. The molecule has 2 N–H and O–H groups in total. The zero-order valence-electron chi connectivity index (χ0n) is 13.0. The standard InChI is InChI=1S/C17H16N4O3/c1-11(22)16-14(15(21-24-16)13-5-3-7-19-10-13)17(23)20-9-12-4-2-6-18-8-12/h2-8,10-11,22H,9H2,1H3,(H,20,23). The van der Waals surface area contributed by atoms with E-state index in [2.05, 4.69) is 20.4 Å². The summed E-state index contributed by atoms with van der Waals surface area (Å²) in [4.78, 5) is 20.7. The first kappa shape index (κ1) is 15.8. The van der Waals surface area contributed by atoms with Gasteiger partial charge >= 0.3 is 0 Å². The summed E-state index contributed by atoms with van der Waals surface area (Å²) >= 11 is 0. The highest BCUT2D eigenvalue weighted by Gasteiger charge is 2.26. The Balaban J connectivity index is 1.90. The Morgan fingerprint density at radius 1 is 1.25 bits per heavy atom. The van der Waals surface area contributed by atoms with Gasteiger partial charge < -0.3 is 14.9 Å². The number of rotatable bonds is 5. The van der Waals surface area contributed by atoms with Crippen molar-refractivity contribution in [3.63, 3.8) is 0 Å². The number of hydrogen-bond acceptors (Lipinski definition) is 6. The van der Waals surface area contributed by atoms with E-state index in [1.807, 2.05) is 6.07 Å². The van der Waals surface area contributed by atoms with Crippen molar-refractivity contribution in [1.29, 1.82) is 0 Å². The van der Waals surface area contributed by atoms with Gasteiger partial charge in [0.05, 0.1) is 0 Å². The number of nitrogens with zero attached hydrogens (tertiary/aromatic N) is 3. The molecule has 3 heterocycles. The third-order valence-corrected chi connectivity index (χ3v) is 3.44. The molecule has 0 aromatic carbocycles. The minimum atomic E-state index is -0.956. The van der Waals surface area contributed by atoms with Crippen molar-refractivity contribution in [2.45, 2.75) is 19.6 Å². The molecule has 0 aliphatic rings. The summed E-state index contributed by atoms with van der Waals surface area (Å²) in [6.07, 6.45) is 5.59. The van der Waals surface area contributed by atoms with Crippen molar-refractivity contribution in [3.05, 3.63) is 65.9 Å². The summed E-state index contributed by atoms with van der Waals surface area (Å²) in [5.41, 5.74) is 2.06. The Hall–Kier alpha value is -3.06. The Morgan fingerprint density at radius 2 is 2.00 bits per heavy atom. The first-order valence-electron chi connectivity index (χ1n) is 7.42. The number of hydrogen-bond donors (Lipinski definition) is 2. The summed E-state index contributed by atoms with van der Waals surface area (Å²) in [7, 11) is 0. The predicted octanol–water partition coefficient (Wildman–Crippen LogP) is 2.11. The first-order chi connectivity index (χ1) is 11.7. The summed E-state index contributed by atoms with van der Waals surface area (Å²) in [6.45, 7) is 1.83. The molecular weight excluding hydrogens is 308 g/mol. The average Bonchev–Trinajstić information content (AvgIpc) is 3.07. The van der Waals surface area contributed by atoms with E-state index in [1.165, 1.54) is 6.92 Å². The molecule has 0 aliphatic heterocycles. The van der Waals surface area contributed by atoms with Gasteiger partial charge in [-0.2, -0.15) is 0 Å². The van der Waals surface area contributed by atoms with E-state index >= 15 is 0 Å². The molecule has 3 rings (SSSR count). The van der Waals surface area contributed by atoms with Gasteiger partial charge in [0.2, 0.25) is 0 Å².